The zero-order chi connectivity index (χ0) is 0. The summed E-state index contributed by atoms with van der Waals surface area (Å²) in [6.07, 6.45) is 0. The van der Waals surface area contributed by atoms with Crippen LogP contribution in [0.25, 0.3) is 0 Å². The van der Waals surface area contributed by atoms with E-state index in [0.717, 1.165) is 0 Å². The molecule has 0 radical (unpaired) electrons. The summed E-state index contributed by atoms with van der Waals surface area (Å²) < 4.78 is 0. The van der Waals surface area contributed by atoms with E-state index in [2.05, 4.69) is 0 Å². The van der Waals surface area contributed by atoms with E-state index in [1.54, 1.807) is 0 Å². The fourth-order valence-electron chi connectivity index (χ4n) is 0. The quantitative estimate of drug-likeness (QED) is 0.603. The van der Waals surface area contributed by atoms with Gasteiger partial charge in [-0.3, -0.25) is 0 Å². The molecule has 0 saturated heterocycles. The van der Waals surface area contributed by atoms with Gasteiger partial charge in [0.05, 0.1) is 0 Å². The zero-order valence-corrected chi connectivity index (χ0v) is 5.48. The average molecular weight is 304 g/mol. The highest BCUT2D eigenvalue weighted by atomic mass is 127. The van der Waals surface area contributed by atoms with E-state index in [-0.39, 0.29) is 70.2 Å². The summed E-state index contributed by atoms with van der Waals surface area (Å²) in [5, 5.41) is 0. The van der Waals surface area contributed by atoms with Crippen molar-refractivity contribution >= 4 is 48.0 Å². The van der Waals surface area contributed by atoms with Gasteiger partial charge in [-0.1, -0.05) is 22.3 Å². The lowest BCUT2D eigenvalue weighted by molar-refractivity contribution is 2.50. The molecule has 0 aromatic carbocycles. The second-order valence-corrected chi connectivity index (χ2v) is 0. The summed E-state index contributed by atoms with van der Waals surface area (Å²) in [7, 11) is 0. The second kappa shape index (κ2) is 51.0. The van der Waals surface area contributed by atoms with E-state index in [1.165, 1.54) is 0 Å². The highest BCUT2D eigenvalue weighted by Crippen LogP contribution is 0.887. The summed E-state index contributed by atoms with van der Waals surface area (Å²) in [5.41, 5.74) is 0. The molecule has 0 atom stereocenters. The molecule has 40 valence electrons. The lowest BCUT2D eigenvalue weighted by Crippen LogP contribution is 0.143. The van der Waals surface area contributed by atoms with Crippen LogP contribution in [0.5, 0.6) is 0 Å². The van der Waals surface area contributed by atoms with E-state index < -0.39 is 0 Å². The largest absolute Gasteiger partial charge is 0.107 e. The van der Waals surface area contributed by atoms with Gasteiger partial charge < -0.3 is 0 Å². The number of rotatable bonds is 0. The highest BCUT2D eigenvalue weighted by Gasteiger charge is -0.0754. The van der Waals surface area contributed by atoms with E-state index in [0.29, 0.717) is 0 Å². The molecule has 0 nitrogen and oxygen atoms in total. The first-order valence-electron chi connectivity index (χ1n) is 0. The minimum Gasteiger partial charge on any atom is -0.107 e. The highest BCUT2D eigenvalue weighted by molar-refractivity contribution is 14.0. The molecule has 0 aliphatic heterocycles. The molecule has 0 rings (SSSR count). The summed E-state index contributed by atoms with van der Waals surface area (Å²) in [6.45, 7) is 0. The Morgan fingerprint density at radius 2 is 0.400 bits per heavy atom. The van der Waals surface area contributed by atoms with Crippen LogP contribution >= 0.6 is 48.0 Å². The Morgan fingerprint density at radius 1 is 0.400 bits per heavy atom. The topological polar surface area (TPSA) is 0 Å². The third kappa shape index (κ3) is 30.7. The molecule has 0 aromatic rings. The van der Waals surface area contributed by atoms with Crippen LogP contribution in [0.3, 0.4) is 0 Å². The van der Waals surface area contributed by atoms with Crippen LogP contribution in [-0.4, -0.2) is 0 Å². The van der Waals surface area contributed by atoms with Crippen LogP contribution < -0.4 is 0 Å². The molecular formula is C3H14I2. The molecule has 0 amide bonds. The number of halogens is 2. The van der Waals surface area contributed by atoms with Crippen molar-refractivity contribution in [2.45, 2.75) is 22.3 Å². The maximum absolute atomic E-state index is 0. The Kier molecular flexibility index (Phi) is 921. The van der Waals surface area contributed by atoms with Gasteiger partial charge in [-0.2, -0.15) is 0 Å². The Bertz CT molecular complexity index is 4.85. The molecule has 0 saturated carbocycles. The summed E-state index contributed by atoms with van der Waals surface area (Å²) in [5.74, 6) is 0. The van der Waals surface area contributed by atoms with Gasteiger partial charge >= 0.3 is 0 Å². The molecule has 0 fully saturated rings. The first-order valence-corrected chi connectivity index (χ1v) is 0. The maximum atomic E-state index is 0. The van der Waals surface area contributed by atoms with E-state index in [4.69, 9.17) is 0 Å². The average Bonchev–Trinajstić information content (AvgIpc) is 0. The van der Waals surface area contributed by atoms with Gasteiger partial charge in [0.15, 0.2) is 0 Å². The standard InChI is InChI=1S/3CH4.2HI/h3*1H4;2*1H. The van der Waals surface area contributed by atoms with Crippen molar-refractivity contribution < 1.29 is 0 Å². The molecule has 0 N–H and O–H groups in total. The van der Waals surface area contributed by atoms with Crippen LogP contribution in [-0.2, 0) is 0 Å². The molecule has 0 unspecified atom stereocenters. The predicted octanol–water partition coefficient (Wildman–Crippen LogP) is 3.14. The van der Waals surface area contributed by atoms with Crippen molar-refractivity contribution in [3.63, 3.8) is 0 Å². The molecule has 0 aliphatic rings. The second-order valence-electron chi connectivity index (χ2n) is 0. The molecular weight excluding hydrogens is 290 g/mol. The van der Waals surface area contributed by atoms with Gasteiger partial charge in [-0.15, -0.1) is 48.0 Å². The summed E-state index contributed by atoms with van der Waals surface area (Å²) in [6, 6.07) is 0. The van der Waals surface area contributed by atoms with Gasteiger partial charge in [-0.25, -0.2) is 0 Å². The first-order chi connectivity index (χ1) is 0. The van der Waals surface area contributed by atoms with E-state index >= 15 is 0 Å². The molecule has 2 heteroatoms. The van der Waals surface area contributed by atoms with Crippen molar-refractivity contribution in [3.8, 4) is 0 Å². The van der Waals surface area contributed by atoms with Gasteiger partial charge in [0.1, 0.15) is 0 Å². The Balaban J connectivity index is 0. The molecule has 0 aliphatic carbocycles. The van der Waals surface area contributed by atoms with Gasteiger partial charge in [-0.05, 0) is 0 Å². The monoisotopic (exact) mass is 304 g/mol. The SMILES string of the molecule is C.C.C.I.I. The molecule has 0 aromatic heterocycles. The van der Waals surface area contributed by atoms with E-state index in [9.17, 15) is 0 Å². The maximum Gasteiger partial charge on any atom is -0.0776 e. The third-order valence-electron chi connectivity index (χ3n) is 0. The molecule has 0 heterocycles. The fraction of sp³-hybridized carbons (Fsp3) is 1.00. The van der Waals surface area contributed by atoms with Crippen molar-refractivity contribution in [2.75, 3.05) is 0 Å². The Morgan fingerprint density at radius 3 is 0.400 bits per heavy atom. The van der Waals surface area contributed by atoms with Crippen molar-refractivity contribution in [1.29, 1.82) is 0 Å². The lowest BCUT2D eigenvalue weighted by atomic mass is 12.0. The smallest absolute Gasteiger partial charge is 0.0776 e. The van der Waals surface area contributed by atoms with Crippen LogP contribution in [0.4, 0.5) is 0 Å². The van der Waals surface area contributed by atoms with Crippen LogP contribution in [0.15, 0.2) is 0 Å². The number of hydrogen-bond donors (Lipinski definition) is 0. The lowest BCUT2D eigenvalue weighted by Gasteiger charge is -0.108. The van der Waals surface area contributed by atoms with Gasteiger partial charge in [0.25, 0.3) is 0 Å². The Hall–Kier alpha value is 1.46. The van der Waals surface area contributed by atoms with Crippen molar-refractivity contribution in [2.24, 2.45) is 0 Å². The van der Waals surface area contributed by atoms with Gasteiger partial charge in [0.2, 0.25) is 0 Å². The molecule has 0 bridgehead atoms. The van der Waals surface area contributed by atoms with Crippen LogP contribution in [0.1, 0.15) is 22.3 Å². The third-order valence-corrected chi connectivity index (χ3v) is 0. The van der Waals surface area contributed by atoms with E-state index in [1.807, 2.05) is 0 Å². The normalized spacial score (nSPS) is 0. The molecule has 0 spiro atoms. The van der Waals surface area contributed by atoms with Crippen molar-refractivity contribution in [3.05, 3.63) is 0 Å². The van der Waals surface area contributed by atoms with Crippen molar-refractivity contribution in [1.82, 2.24) is 0 Å². The fourth-order valence-corrected chi connectivity index (χ4v) is 0. The number of hydrogen-bond acceptors (Lipinski definition) is 0. The predicted molar refractivity (Wildman–Crippen MR) is 51.0 cm³/mol. The minimum absolute atomic E-state index is 0. The summed E-state index contributed by atoms with van der Waals surface area (Å²) in [4.78, 5) is 0. The first kappa shape index (κ1) is 90.3. The molecule has 5 heavy (non-hydrogen) atoms. The van der Waals surface area contributed by atoms with Crippen LogP contribution in [0.2, 0.25) is 0 Å². The Labute approximate surface area is 69.8 Å². The van der Waals surface area contributed by atoms with Gasteiger partial charge in [0, 0.05) is 0 Å². The minimum atomic E-state index is 0. The zero-order valence-electron chi connectivity index (χ0n) is 0.816. The summed E-state index contributed by atoms with van der Waals surface area (Å²) >= 11 is 0. The van der Waals surface area contributed by atoms with Crippen LogP contribution in [0, 0.1) is 0 Å².